The highest BCUT2D eigenvalue weighted by Crippen LogP contribution is 2.18. The number of nitrogens with one attached hydrogen (secondary N) is 1. The molecule has 2 rings (SSSR count). The Morgan fingerprint density at radius 3 is 2.57 bits per heavy atom. The average molecular weight is 315 g/mol. The molecule has 21 heavy (non-hydrogen) atoms. The zero-order valence-corrected chi connectivity index (χ0v) is 12.0. The molecule has 8 heteroatoms. The molecule has 1 aliphatic heterocycles. The van der Waals surface area contributed by atoms with Crippen LogP contribution in [0.15, 0.2) is 23.1 Å². The van der Waals surface area contributed by atoms with Gasteiger partial charge in [0.1, 0.15) is 16.5 Å². The number of halogens is 2. The van der Waals surface area contributed by atoms with E-state index in [0.29, 0.717) is 38.5 Å². The van der Waals surface area contributed by atoms with E-state index in [1.165, 1.54) is 0 Å². The number of sulfonamides is 1. The topological polar surface area (TPSA) is 73.2 Å². The Balaban J connectivity index is 2.04. The molecule has 1 aromatic carbocycles. The Kier molecular flexibility index (Phi) is 4.88. The summed E-state index contributed by atoms with van der Waals surface area (Å²) in [6, 6.07) is 4.10. The maximum atomic E-state index is 13.6. The maximum Gasteiger partial charge on any atom is 0.243 e. The quantitative estimate of drug-likeness (QED) is 0.848. The summed E-state index contributed by atoms with van der Waals surface area (Å²) >= 11 is 0. The average Bonchev–Trinajstić information content (AvgIpc) is 2.40. The minimum Gasteiger partial charge on any atom is -0.290 e. The monoisotopic (exact) mass is 315 g/mol. The van der Waals surface area contributed by atoms with Crippen LogP contribution >= 0.6 is 0 Å². The summed E-state index contributed by atoms with van der Waals surface area (Å²) < 4.78 is 53.0. The fourth-order valence-electron chi connectivity index (χ4n) is 2.28. The molecular formula is C13H15F2N3O2S. The van der Waals surface area contributed by atoms with E-state index in [-0.39, 0.29) is 6.04 Å². The van der Waals surface area contributed by atoms with Crippen molar-refractivity contribution in [3.8, 4) is 6.07 Å². The maximum absolute atomic E-state index is 13.6. The third kappa shape index (κ3) is 3.97. The van der Waals surface area contributed by atoms with Crippen molar-refractivity contribution in [3.05, 3.63) is 29.8 Å². The summed E-state index contributed by atoms with van der Waals surface area (Å²) in [5.74, 6) is -1.93. The highest BCUT2D eigenvalue weighted by molar-refractivity contribution is 7.89. The van der Waals surface area contributed by atoms with Crippen LogP contribution in [0, 0.1) is 23.0 Å². The molecule has 0 amide bonds. The van der Waals surface area contributed by atoms with Crippen LogP contribution in [0.4, 0.5) is 8.78 Å². The molecule has 0 atom stereocenters. The third-order valence-electron chi connectivity index (χ3n) is 3.39. The molecule has 0 radical (unpaired) electrons. The first kappa shape index (κ1) is 15.8. The molecule has 1 N–H and O–H groups in total. The summed E-state index contributed by atoms with van der Waals surface area (Å²) in [4.78, 5) is 1.37. The highest BCUT2D eigenvalue weighted by Gasteiger charge is 2.26. The van der Waals surface area contributed by atoms with Crippen LogP contribution in [-0.4, -0.2) is 39.0 Å². The van der Waals surface area contributed by atoms with Crippen LogP contribution in [0.25, 0.3) is 0 Å². The Morgan fingerprint density at radius 2 is 2.00 bits per heavy atom. The summed E-state index contributed by atoms with van der Waals surface area (Å²) in [5, 5.41) is 8.60. The van der Waals surface area contributed by atoms with E-state index in [1.54, 1.807) is 0 Å². The van der Waals surface area contributed by atoms with Gasteiger partial charge in [0.05, 0.1) is 12.6 Å². The number of hydrogen-bond acceptors (Lipinski definition) is 4. The standard InChI is InChI=1S/C13H15F2N3O2S/c14-10-1-2-13(12(15)9-10)21(19,20)17-11-3-6-18(7-4-11)8-5-16/h1-2,9,11,17H,3-4,6-8H2. The predicted octanol–water partition coefficient (Wildman–Crippen LogP) is 1.23. The zero-order valence-electron chi connectivity index (χ0n) is 11.2. The van der Waals surface area contributed by atoms with Crippen LogP contribution in [0.5, 0.6) is 0 Å². The van der Waals surface area contributed by atoms with Gasteiger partial charge in [-0.3, -0.25) is 4.90 Å². The molecule has 0 aromatic heterocycles. The van der Waals surface area contributed by atoms with Crippen LogP contribution in [0.2, 0.25) is 0 Å². The van der Waals surface area contributed by atoms with Crippen LogP contribution in [0.3, 0.4) is 0 Å². The molecule has 5 nitrogen and oxygen atoms in total. The van der Waals surface area contributed by atoms with E-state index in [1.807, 2.05) is 11.0 Å². The summed E-state index contributed by atoms with van der Waals surface area (Å²) in [6.45, 7) is 1.52. The molecule has 1 heterocycles. The summed E-state index contributed by atoms with van der Waals surface area (Å²) in [7, 11) is -4.01. The van der Waals surface area contributed by atoms with Crippen LogP contribution in [-0.2, 0) is 10.0 Å². The number of benzene rings is 1. The molecule has 0 aliphatic carbocycles. The Hall–Kier alpha value is -1.56. The van der Waals surface area contributed by atoms with Crippen LogP contribution < -0.4 is 4.72 Å². The molecule has 0 saturated carbocycles. The fourth-order valence-corrected chi connectivity index (χ4v) is 3.65. The first-order chi connectivity index (χ1) is 9.92. The van der Waals surface area contributed by atoms with Gasteiger partial charge in [0.15, 0.2) is 0 Å². The molecular weight excluding hydrogens is 300 g/mol. The number of nitrogens with zero attached hydrogens (tertiary/aromatic N) is 2. The summed E-state index contributed by atoms with van der Waals surface area (Å²) in [5.41, 5.74) is 0. The van der Waals surface area contributed by atoms with Gasteiger partial charge in [0.25, 0.3) is 0 Å². The number of piperidine rings is 1. The molecule has 1 aliphatic rings. The lowest BCUT2D eigenvalue weighted by atomic mass is 10.1. The van der Waals surface area contributed by atoms with E-state index in [4.69, 9.17) is 5.26 Å². The second kappa shape index (κ2) is 6.47. The Morgan fingerprint density at radius 1 is 1.33 bits per heavy atom. The number of nitriles is 1. The van der Waals surface area contributed by atoms with Crippen LogP contribution in [0.1, 0.15) is 12.8 Å². The molecule has 1 aromatic rings. The third-order valence-corrected chi connectivity index (χ3v) is 4.94. The molecule has 0 spiro atoms. The smallest absolute Gasteiger partial charge is 0.243 e. The lowest BCUT2D eigenvalue weighted by Crippen LogP contribution is -2.44. The Labute approximate surface area is 122 Å². The molecule has 1 saturated heterocycles. The number of hydrogen-bond donors (Lipinski definition) is 1. The van der Waals surface area contributed by atoms with Gasteiger partial charge >= 0.3 is 0 Å². The predicted molar refractivity (Wildman–Crippen MR) is 71.8 cm³/mol. The Bertz CT molecular complexity index is 650. The first-order valence-corrected chi connectivity index (χ1v) is 7.97. The van der Waals surface area contributed by atoms with E-state index < -0.39 is 26.6 Å². The SMILES string of the molecule is N#CCN1CCC(NS(=O)(=O)c2ccc(F)cc2F)CC1. The zero-order chi connectivity index (χ0) is 15.5. The molecule has 0 bridgehead atoms. The van der Waals surface area contributed by atoms with Gasteiger partial charge < -0.3 is 0 Å². The largest absolute Gasteiger partial charge is 0.290 e. The van der Waals surface area contributed by atoms with Crippen molar-refractivity contribution in [3.63, 3.8) is 0 Å². The molecule has 0 unspecified atom stereocenters. The molecule has 1 fully saturated rings. The fraction of sp³-hybridized carbons (Fsp3) is 0.462. The van der Waals surface area contributed by atoms with Gasteiger partial charge in [-0.15, -0.1) is 0 Å². The minimum absolute atomic E-state index is 0.311. The van der Waals surface area contributed by atoms with Crippen molar-refractivity contribution in [2.45, 2.75) is 23.8 Å². The summed E-state index contributed by atoms with van der Waals surface area (Å²) in [6.07, 6.45) is 1.09. The van der Waals surface area contributed by atoms with Crippen molar-refractivity contribution in [2.75, 3.05) is 19.6 Å². The van der Waals surface area contributed by atoms with Gasteiger partial charge in [-0.2, -0.15) is 5.26 Å². The van der Waals surface area contributed by atoms with Gasteiger partial charge in [-0.1, -0.05) is 0 Å². The van der Waals surface area contributed by atoms with E-state index >= 15 is 0 Å². The second-order valence-electron chi connectivity index (χ2n) is 4.90. The normalized spacial score (nSPS) is 17.6. The van der Waals surface area contributed by atoms with Crippen molar-refractivity contribution in [1.29, 1.82) is 5.26 Å². The van der Waals surface area contributed by atoms with Gasteiger partial charge in [-0.25, -0.2) is 21.9 Å². The number of rotatable bonds is 4. The van der Waals surface area contributed by atoms with Crippen molar-refractivity contribution in [1.82, 2.24) is 9.62 Å². The van der Waals surface area contributed by atoms with Crippen molar-refractivity contribution < 1.29 is 17.2 Å². The highest BCUT2D eigenvalue weighted by atomic mass is 32.2. The van der Waals surface area contributed by atoms with E-state index in [0.717, 1.165) is 12.1 Å². The van der Waals surface area contributed by atoms with Crippen molar-refractivity contribution >= 4 is 10.0 Å². The lowest BCUT2D eigenvalue weighted by Gasteiger charge is -2.30. The lowest BCUT2D eigenvalue weighted by molar-refractivity contribution is 0.229. The van der Waals surface area contributed by atoms with Gasteiger partial charge in [-0.05, 0) is 25.0 Å². The molecule has 114 valence electrons. The second-order valence-corrected chi connectivity index (χ2v) is 6.59. The minimum atomic E-state index is -4.01. The van der Waals surface area contributed by atoms with E-state index in [2.05, 4.69) is 4.72 Å². The van der Waals surface area contributed by atoms with Gasteiger partial charge in [0.2, 0.25) is 10.0 Å². The van der Waals surface area contributed by atoms with Crippen molar-refractivity contribution in [2.24, 2.45) is 0 Å². The van der Waals surface area contributed by atoms with Gasteiger partial charge in [0, 0.05) is 25.2 Å². The number of likely N-dealkylation sites (tertiary alicyclic amines) is 1. The first-order valence-electron chi connectivity index (χ1n) is 6.49. The van der Waals surface area contributed by atoms with E-state index in [9.17, 15) is 17.2 Å².